The molecule has 8 heteroatoms. The lowest BCUT2D eigenvalue weighted by molar-refractivity contribution is -0.384. The molecular formula is C12H19N5O3. The van der Waals surface area contributed by atoms with Crippen LogP contribution >= 0.6 is 0 Å². The zero-order valence-corrected chi connectivity index (χ0v) is 11.5. The summed E-state index contributed by atoms with van der Waals surface area (Å²) in [5, 5.41) is 16.8. The van der Waals surface area contributed by atoms with Gasteiger partial charge in [0.25, 0.3) is 0 Å². The van der Waals surface area contributed by atoms with Crippen molar-refractivity contribution in [3.8, 4) is 0 Å². The van der Waals surface area contributed by atoms with Crippen LogP contribution in [0.4, 0.5) is 17.5 Å². The Labute approximate surface area is 117 Å². The maximum atomic E-state index is 10.9. The van der Waals surface area contributed by atoms with Crippen molar-refractivity contribution < 1.29 is 9.66 Å². The molecule has 1 aromatic heterocycles. The predicted molar refractivity (Wildman–Crippen MR) is 74.9 cm³/mol. The molecule has 1 saturated carbocycles. The molecule has 0 atom stereocenters. The number of anilines is 2. The van der Waals surface area contributed by atoms with E-state index >= 15 is 0 Å². The summed E-state index contributed by atoms with van der Waals surface area (Å²) >= 11 is 0. The highest BCUT2D eigenvalue weighted by atomic mass is 16.6. The standard InChI is InChI=1S/C12H19N5O3/c1-2-13-12-15-7-10(17(18)19)11(16-12)14-5-6-20-8-9-3-4-9/h7,9H,2-6,8H2,1H3,(H2,13,14,15,16). The van der Waals surface area contributed by atoms with E-state index < -0.39 is 4.92 Å². The van der Waals surface area contributed by atoms with E-state index in [1.165, 1.54) is 19.0 Å². The van der Waals surface area contributed by atoms with Gasteiger partial charge in [0, 0.05) is 19.7 Å². The lowest BCUT2D eigenvalue weighted by Crippen LogP contribution is -2.14. The highest BCUT2D eigenvalue weighted by Gasteiger charge is 2.21. The van der Waals surface area contributed by atoms with Gasteiger partial charge in [-0.25, -0.2) is 4.98 Å². The molecule has 1 fully saturated rings. The zero-order valence-electron chi connectivity index (χ0n) is 11.5. The molecule has 0 spiro atoms. The van der Waals surface area contributed by atoms with Crippen LogP contribution in [0.3, 0.4) is 0 Å². The van der Waals surface area contributed by atoms with Crippen LogP contribution in [0.25, 0.3) is 0 Å². The van der Waals surface area contributed by atoms with E-state index in [9.17, 15) is 10.1 Å². The first-order valence-corrected chi connectivity index (χ1v) is 6.77. The van der Waals surface area contributed by atoms with Gasteiger partial charge < -0.3 is 15.4 Å². The van der Waals surface area contributed by atoms with Gasteiger partial charge in [0.1, 0.15) is 6.20 Å². The summed E-state index contributed by atoms with van der Waals surface area (Å²) in [4.78, 5) is 18.4. The van der Waals surface area contributed by atoms with E-state index in [1.54, 1.807) is 0 Å². The van der Waals surface area contributed by atoms with Crippen molar-refractivity contribution in [1.82, 2.24) is 9.97 Å². The Hall–Kier alpha value is -1.96. The fourth-order valence-electron chi connectivity index (χ4n) is 1.66. The number of rotatable bonds is 9. The summed E-state index contributed by atoms with van der Waals surface area (Å²) in [6, 6.07) is 0. The van der Waals surface area contributed by atoms with Crippen molar-refractivity contribution in [3.63, 3.8) is 0 Å². The van der Waals surface area contributed by atoms with E-state index in [2.05, 4.69) is 20.6 Å². The van der Waals surface area contributed by atoms with Crippen molar-refractivity contribution in [2.75, 3.05) is 36.9 Å². The predicted octanol–water partition coefficient (Wildman–Crippen LogP) is 1.66. The van der Waals surface area contributed by atoms with Gasteiger partial charge in [0.2, 0.25) is 11.8 Å². The largest absolute Gasteiger partial charge is 0.379 e. The molecule has 1 aliphatic carbocycles. The van der Waals surface area contributed by atoms with Crippen molar-refractivity contribution >= 4 is 17.5 Å². The van der Waals surface area contributed by atoms with Gasteiger partial charge in [-0.2, -0.15) is 4.98 Å². The molecule has 0 unspecified atom stereocenters. The highest BCUT2D eigenvalue weighted by molar-refractivity contribution is 5.56. The lowest BCUT2D eigenvalue weighted by Gasteiger charge is -2.08. The van der Waals surface area contributed by atoms with Crippen LogP contribution < -0.4 is 10.6 Å². The minimum atomic E-state index is -0.497. The maximum absolute atomic E-state index is 10.9. The first-order chi connectivity index (χ1) is 9.70. The van der Waals surface area contributed by atoms with Crippen LogP contribution in [0.2, 0.25) is 0 Å². The minimum Gasteiger partial charge on any atom is -0.379 e. The lowest BCUT2D eigenvalue weighted by atomic mass is 10.4. The van der Waals surface area contributed by atoms with E-state index in [4.69, 9.17) is 4.74 Å². The summed E-state index contributed by atoms with van der Waals surface area (Å²) in [6.07, 6.45) is 3.70. The molecule has 1 aliphatic rings. The summed E-state index contributed by atoms with van der Waals surface area (Å²) in [5.41, 5.74) is -0.131. The Bertz CT molecular complexity index is 464. The summed E-state index contributed by atoms with van der Waals surface area (Å²) in [7, 11) is 0. The molecule has 0 aromatic carbocycles. The molecule has 0 bridgehead atoms. The van der Waals surface area contributed by atoms with Crippen molar-refractivity contribution in [2.45, 2.75) is 19.8 Å². The molecule has 2 N–H and O–H groups in total. The molecule has 1 heterocycles. The average molecular weight is 281 g/mol. The van der Waals surface area contributed by atoms with Crippen LogP contribution in [0.15, 0.2) is 6.20 Å². The molecule has 1 aromatic rings. The van der Waals surface area contributed by atoms with Gasteiger partial charge in [-0.15, -0.1) is 0 Å². The number of nitrogens with one attached hydrogen (secondary N) is 2. The second-order valence-electron chi connectivity index (χ2n) is 4.66. The smallest absolute Gasteiger partial charge is 0.329 e. The summed E-state index contributed by atoms with van der Waals surface area (Å²) < 4.78 is 5.47. The number of ether oxygens (including phenoxy) is 1. The number of aromatic nitrogens is 2. The zero-order chi connectivity index (χ0) is 14.4. The summed E-state index contributed by atoms with van der Waals surface area (Å²) in [6.45, 7) is 4.33. The number of hydrogen-bond donors (Lipinski definition) is 2. The fourth-order valence-corrected chi connectivity index (χ4v) is 1.66. The third kappa shape index (κ3) is 4.30. The molecule has 2 rings (SSSR count). The molecule has 0 saturated heterocycles. The molecule has 110 valence electrons. The highest BCUT2D eigenvalue weighted by Crippen LogP contribution is 2.28. The third-order valence-electron chi connectivity index (χ3n) is 2.89. The Morgan fingerprint density at radius 2 is 2.30 bits per heavy atom. The number of nitrogens with zero attached hydrogens (tertiary/aromatic N) is 3. The van der Waals surface area contributed by atoms with Crippen molar-refractivity contribution in [2.24, 2.45) is 5.92 Å². The second kappa shape index (κ2) is 6.99. The summed E-state index contributed by atoms with van der Waals surface area (Å²) in [5.74, 6) is 1.30. The maximum Gasteiger partial charge on any atom is 0.329 e. The molecular weight excluding hydrogens is 262 g/mol. The minimum absolute atomic E-state index is 0.131. The van der Waals surface area contributed by atoms with Crippen LogP contribution in [0.5, 0.6) is 0 Å². The number of hydrogen-bond acceptors (Lipinski definition) is 7. The second-order valence-corrected chi connectivity index (χ2v) is 4.66. The van der Waals surface area contributed by atoms with Gasteiger partial charge in [-0.3, -0.25) is 10.1 Å². The molecule has 0 amide bonds. The van der Waals surface area contributed by atoms with Crippen molar-refractivity contribution in [3.05, 3.63) is 16.3 Å². The van der Waals surface area contributed by atoms with Crippen LogP contribution in [-0.4, -0.2) is 41.2 Å². The fraction of sp³-hybridized carbons (Fsp3) is 0.667. The first-order valence-electron chi connectivity index (χ1n) is 6.77. The Morgan fingerprint density at radius 1 is 1.50 bits per heavy atom. The van der Waals surface area contributed by atoms with Crippen LogP contribution in [0.1, 0.15) is 19.8 Å². The average Bonchev–Trinajstić information content (AvgIpc) is 3.23. The van der Waals surface area contributed by atoms with E-state index in [0.717, 1.165) is 6.61 Å². The first kappa shape index (κ1) is 14.4. The SMILES string of the molecule is CCNc1ncc([N+](=O)[O-])c(NCCOCC2CC2)n1. The topological polar surface area (TPSA) is 102 Å². The monoisotopic (exact) mass is 281 g/mol. The van der Waals surface area contributed by atoms with E-state index in [-0.39, 0.29) is 11.5 Å². The van der Waals surface area contributed by atoms with Crippen LogP contribution in [-0.2, 0) is 4.74 Å². The molecule has 0 aliphatic heterocycles. The van der Waals surface area contributed by atoms with Gasteiger partial charge in [0.05, 0.1) is 11.5 Å². The molecule has 0 radical (unpaired) electrons. The van der Waals surface area contributed by atoms with Gasteiger partial charge in [-0.05, 0) is 25.7 Å². The van der Waals surface area contributed by atoms with E-state index in [1.807, 2.05) is 6.92 Å². The van der Waals surface area contributed by atoms with Gasteiger partial charge in [0.15, 0.2) is 0 Å². The molecule has 20 heavy (non-hydrogen) atoms. The quantitative estimate of drug-likeness (QED) is 0.403. The third-order valence-corrected chi connectivity index (χ3v) is 2.89. The van der Waals surface area contributed by atoms with Gasteiger partial charge in [-0.1, -0.05) is 0 Å². The normalized spacial score (nSPS) is 14.1. The Kier molecular flexibility index (Phi) is 5.05. The van der Waals surface area contributed by atoms with E-state index in [0.29, 0.717) is 31.6 Å². The Balaban J connectivity index is 1.88. The number of nitro groups is 1. The van der Waals surface area contributed by atoms with Gasteiger partial charge >= 0.3 is 5.69 Å². The Morgan fingerprint density at radius 3 is 2.95 bits per heavy atom. The molecule has 8 nitrogen and oxygen atoms in total. The van der Waals surface area contributed by atoms with Crippen molar-refractivity contribution in [1.29, 1.82) is 0 Å². The van der Waals surface area contributed by atoms with Crippen LogP contribution in [0, 0.1) is 16.0 Å².